The maximum atomic E-state index is 12.9. The average molecular weight is 433 g/mol. The highest BCUT2D eigenvalue weighted by molar-refractivity contribution is 6.38. The van der Waals surface area contributed by atoms with Crippen LogP contribution in [0.25, 0.3) is 11.3 Å². The number of carbonyl (C=O) groups is 1. The summed E-state index contributed by atoms with van der Waals surface area (Å²) in [5, 5.41) is 10.4. The first-order valence-electron chi connectivity index (χ1n) is 10.3. The van der Waals surface area contributed by atoms with Gasteiger partial charge in [-0.2, -0.15) is 0 Å². The van der Waals surface area contributed by atoms with Crippen molar-refractivity contribution in [3.05, 3.63) is 94.5 Å². The topological polar surface area (TPSA) is 79.2 Å². The zero-order chi connectivity index (χ0) is 21.6. The number of halogens is 1. The van der Waals surface area contributed by atoms with Crippen molar-refractivity contribution in [2.24, 2.45) is 5.73 Å². The van der Waals surface area contributed by atoms with E-state index in [9.17, 15) is 4.79 Å². The van der Waals surface area contributed by atoms with Crippen molar-refractivity contribution in [2.45, 2.75) is 13.0 Å². The molecule has 1 aliphatic heterocycles. The first kappa shape index (κ1) is 21.1. The highest BCUT2D eigenvalue weighted by Crippen LogP contribution is 2.38. The Morgan fingerprint density at radius 3 is 2.52 bits per heavy atom. The zero-order valence-corrected chi connectivity index (χ0v) is 17.9. The molecule has 0 atom stereocenters. The van der Waals surface area contributed by atoms with E-state index in [2.05, 4.69) is 28.1 Å². The van der Waals surface area contributed by atoms with Crippen molar-refractivity contribution in [1.82, 2.24) is 5.32 Å². The van der Waals surface area contributed by atoms with Crippen LogP contribution in [0.3, 0.4) is 0 Å². The molecule has 5 nitrogen and oxygen atoms in total. The molecule has 1 aliphatic rings. The van der Waals surface area contributed by atoms with Crippen LogP contribution in [0.4, 0.5) is 11.4 Å². The molecule has 1 amide bonds. The molecule has 0 bridgehead atoms. The highest BCUT2D eigenvalue weighted by atomic mass is 35.5. The Labute approximate surface area is 187 Å². The van der Waals surface area contributed by atoms with E-state index >= 15 is 0 Å². The van der Waals surface area contributed by atoms with E-state index in [-0.39, 0.29) is 5.91 Å². The van der Waals surface area contributed by atoms with Gasteiger partial charge in [0.2, 0.25) is 0 Å². The number of anilines is 2. The Balaban J connectivity index is 1.65. The fraction of sp³-hybridized carbons (Fsp3) is 0.160. The molecule has 0 unspecified atom stereocenters. The van der Waals surface area contributed by atoms with Crippen molar-refractivity contribution in [3.8, 4) is 0 Å². The molecule has 0 radical (unpaired) electrons. The molecule has 0 fully saturated rings. The number of hydrogen-bond acceptors (Lipinski definition) is 4. The van der Waals surface area contributed by atoms with E-state index in [1.807, 2.05) is 48.5 Å². The van der Waals surface area contributed by atoms with Crippen LogP contribution in [0.15, 0.2) is 72.8 Å². The van der Waals surface area contributed by atoms with Crippen LogP contribution in [-0.4, -0.2) is 19.0 Å². The van der Waals surface area contributed by atoms with E-state index in [1.54, 1.807) is 12.1 Å². The first-order chi connectivity index (χ1) is 15.2. The lowest BCUT2D eigenvalue weighted by Crippen LogP contribution is -2.17. The molecule has 3 aromatic carbocycles. The van der Waals surface area contributed by atoms with Gasteiger partial charge in [0.05, 0.1) is 17.0 Å². The molecule has 5 N–H and O–H groups in total. The quantitative estimate of drug-likeness (QED) is 0.307. The molecule has 0 aliphatic carbocycles. The van der Waals surface area contributed by atoms with Crippen molar-refractivity contribution in [3.63, 3.8) is 0 Å². The molecule has 0 spiro atoms. The van der Waals surface area contributed by atoms with Crippen molar-refractivity contribution >= 4 is 40.2 Å². The standard InChI is InChI=1S/C25H25ClN4O/c26-19-9-12-21-22(15-19)30-25(31)23(21)24(18-5-2-1-3-6-18)29-20-10-7-17(8-11-20)16-28-14-4-13-27/h1-3,5-12,15,28-29H,4,13-14,16,27H2,(H,30,31)/b24-23-. The smallest absolute Gasteiger partial charge is 0.258 e. The number of carbonyl (C=O) groups excluding carboxylic acids is 1. The van der Waals surface area contributed by atoms with Crippen LogP contribution < -0.4 is 21.7 Å². The number of hydrogen-bond donors (Lipinski definition) is 4. The SMILES string of the molecule is NCCCNCc1ccc(N/C(=C2\C(=O)Nc3cc(Cl)ccc32)c2ccccc2)cc1. The number of rotatable bonds is 8. The van der Waals surface area contributed by atoms with Crippen LogP contribution in [0.1, 0.15) is 23.1 Å². The number of amides is 1. The van der Waals surface area contributed by atoms with E-state index in [1.165, 1.54) is 5.56 Å². The summed E-state index contributed by atoms with van der Waals surface area (Å²) in [7, 11) is 0. The van der Waals surface area contributed by atoms with Gasteiger partial charge < -0.3 is 21.7 Å². The molecule has 1 heterocycles. The molecule has 0 saturated heterocycles. The molecule has 4 rings (SSSR count). The van der Waals surface area contributed by atoms with Gasteiger partial charge >= 0.3 is 0 Å². The van der Waals surface area contributed by atoms with Gasteiger partial charge in [-0.15, -0.1) is 0 Å². The van der Waals surface area contributed by atoms with Gasteiger partial charge in [0.25, 0.3) is 5.91 Å². The lowest BCUT2D eigenvalue weighted by Gasteiger charge is -2.15. The summed E-state index contributed by atoms with van der Waals surface area (Å²) in [5.41, 5.74) is 11.5. The molecule has 0 saturated carbocycles. The van der Waals surface area contributed by atoms with Gasteiger partial charge in [0, 0.05) is 22.8 Å². The van der Waals surface area contributed by atoms with Crippen LogP contribution in [0.5, 0.6) is 0 Å². The zero-order valence-electron chi connectivity index (χ0n) is 17.1. The van der Waals surface area contributed by atoms with Crippen molar-refractivity contribution in [2.75, 3.05) is 23.7 Å². The lowest BCUT2D eigenvalue weighted by molar-refractivity contribution is -0.110. The Hall–Kier alpha value is -3.12. The van der Waals surface area contributed by atoms with E-state index in [4.69, 9.17) is 17.3 Å². The molecule has 0 aromatic heterocycles. The van der Waals surface area contributed by atoms with Gasteiger partial charge in [-0.3, -0.25) is 4.79 Å². The minimum Gasteiger partial charge on any atom is -0.354 e. The minimum atomic E-state index is -0.149. The monoisotopic (exact) mass is 432 g/mol. The van der Waals surface area contributed by atoms with E-state index in [0.717, 1.165) is 47.7 Å². The molecule has 31 heavy (non-hydrogen) atoms. The second-order valence-electron chi connectivity index (χ2n) is 7.40. The first-order valence-corrected chi connectivity index (χ1v) is 10.7. The number of benzene rings is 3. The number of nitrogens with one attached hydrogen (secondary N) is 3. The third kappa shape index (κ3) is 4.97. The van der Waals surface area contributed by atoms with Crippen LogP contribution in [0, 0.1) is 0 Å². The summed E-state index contributed by atoms with van der Waals surface area (Å²) in [6.45, 7) is 2.39. The van der Waals surface area contributed by atoms with E-state index < -0.39 is 0 Å². The second kappa shape index (κ2) is 9.79. The van der Waals surface area contributed by atoms with Gasteiger partial charge in [-0.1, -0.05) is 60.1 Å². The Morgan fingerprint density at radius 1 is 1.00 bits per heavy atom. The summed E-state index contributed by atoms with van der Waals surface area (Å²) in [4.78, 5) is 12.9. The average Bonchev–Trinajstić information content (AvgIpc) is 3.11. The maximum Gasteiger partial charge on any atom is 0.258 e. The molecule has 158 valence electrons. The largest absolute Gasteiger partial charge is 0.354 e. The van der Waals surface area contributed by atoms with Gasteiger partial charge in [0.15, 0.2) is 0 Å². The predicted molar refractivity (Wildman–Crippen MR) is 129 cm³/mol. The summed E-state index contributed by atoms with van der Waals surface area (Å²) < 4.78 is 0. The summed E-state index contributed by atoms with van der Waals surface area (Å²) >= 11 is 6.12. The fourth-order valence-corrected chi connectivity index (χ4v) is 3.76. The number of fused-ring (bicyclic) bond motifs is 1. The summed E-state index contributed by atoms with van der Waals surface area (Å²) in [6.07, 6.45) is 0.961. The molecular weight excluding hydrogens is 408 g/mol. The predicted octanol–water partition coefficient (Wildman–Crippen LogP) is 4.71. The van der Waals surface area contributed by atoms with Gasteiger partial charge in [0.1, 0.15) is 0 Å². The fourth-order valence-electron chi connectivity index (χ4n) is 3.59. The Kier molecular flexibility index (Phi) is 6.67. The van der Waals surface area contributed by atoms with Crippen molar-refractivity contribution < 1.29 is 4.79 Å². The highest BCUT2D eigenvalue weighted by Gasteiger charge is 2.28. The minimum absolute atomic E-state index is 0.149. The molecule has 3 aromatic rings. The third-order valence-electron chi connectivity index (χ3n) is 5.15. The number of nitrogens with two attached hydrogens (primary N) is 1. The van der Waals surface area contributed by atoms with E-state index in [0.29, 0.717) is 17.1 Å². The van der Waals surface area contributed by atoms with Crippen LogP contribution in [0.2, 0.25) is 5.02 Å². The Morgan fingerprint density at radius 2 is 1.77 bits per heavy atom. The van der Waals surface area contributed by atoms with Crippen LogP contribution in [-0.2, 0) is 11.3 Å². The summed E-state index contributed by atoms with van der Waals surface area (Å²) in [5.74, 6) is -0.149. The lowest BCUT2D eigenvalue weighted by atomic mass is 10.00. The third-order valence-corrected chi connectivity index (χ3v) is 5.38. The molecule has 6 heteroatoms. The van der Waals surface area contributed by atoms with Crippen molar-refractivity contribution in [1.29, 1.82) is 0 Å². The second-order valence-corrected chi connectivity index (χ2v) is 7.84. The van der Waals surface area contributed by atoms with Gasteiger partial charge in [-0.05, 0) is 54.9 Å². The Bertz CT molecular complexity index is 1090. The van der Waals surface area contributed by atoms with Gasteiger partial charge in [-0.25, -0.2) is 0 Å². The van der Waals surface area contributed by atoms with Crippen LogP contribution >= 0.6 is 11.6 Å². The summed E-state index contributed by atoms with van der Waals surface area (Å²) in [6, 6.07) is 23.5. The maximum absolute atomic E-state index is 12.9. The normalized spacial score (nSPS) is 14.2. The molecular formula is C25H25ClN4O.